The van der Waals surface area contributed by atoms with Crippen molar-refractivity contribution < 1.29 is 14.3 Å². The largest absolute Gasteiger partial charge is 0.372 e. The molecule has 0 spiro atoms. The summed E-state index contributed by atoms with van der Waals surface area (Å²) in [6.45, 7) is 1.32. The van der Waals surface area contributed by atoms with Crippen molar-refractivity contribution in [3.05, 3.63) is 119 Å². The van der Waals surface area contributed by atoms with Gasteiger partial charge in [-0.25, -0.2) is 0 Å². The van der Waals surface area contributed by atoms with Crippen LogP contribution in [0.5, 0.6) is 0 Å². The van der Waals surface area contributed by atoms with Gasteiger partial charge in [0.25, 0.3) is 11.8 Å². The second-order valence-electron chi connectivity index (χ2n) is 13.8. The van der Waals surface area contributed by atoms with E-state index in [1.807, 2.05) is 12.1 Å². The van der Waals surface area contributed by atoms with E-state index < -0.39 is 0 Å². The highest BCUT2D eigenvalue weighted by molar-refractivity contribution is 6.47. The van der Waals surface area contributed by atoms with E-state index in [0.29, 0.717) is 24.3 Å². The van der Waals surface area contributed by atoms with E-state index in [0.717, 1.165) is 32.3 Å². The van der Waals surface area contributed by atoms with Gasteiger partial charge in [-0.05, 0) is 126 Å². The Bertz CT molecular complexity index is 3170. The maximum Gasteiger partial charge on any atom is 0.258 e. The third-order valence-corrected chi connectivity index (χ3v) is 11.8. The van der Waals surface area contributed by atoms with Crippen molar-refractivity contribution in [2.75, 3.05) is 0 Å². The molecule has 4 heteroatoms. The number of amides is 2. The molecule has 0 aliphatic carbocycles. The number of ether oxygens (including phenoxy) is 1. The number of nitrogens with one attached hydrogen (secondary N) is 1. The lowest BCUT2D eigenvalue weighted by atomic mass is 9.80. The molecule has 2 amide bonds. The number of carbonyl (C=O) groups is 2. The summed E-state index contributed by atoms with van der Waals surface area (Å²) in [5, 5.41) is 26.8. The van der Waals surface area contributed by atoms with Crippen LogP contribution in [0.3, 0.4) is 0 Å². The second-order valence-corrected chi connectivity index (χ2v) is 13.8. The van der Waals surface area contributed by atoms with Gasteiger partial charge in [-0.2, -0.15) is 0 Å². The van der Waals surface area contributed by atoms with Crippen molar-refractivity contribution >= 4 is 120 Å². The third kappa shape index (κ3) is 2.48. The molecule has 0 saturated carbocycles. The smallest absolute Gasteiger partial charge is 0.258 e. The molecule has 48 heavy (non-hydrogen) atoms. The number of hydrogen-bond acceptors (Lipinski definition) is 3. The molecule has 0 fully saturated rings. The predicted octanol–water partition coefficient (Wildman–Crippen LogP) is 10.4. The first-order valence-electron chi connectivity index (χ1n) is 16.5. The van der Waals surface area contributed by atoms with Gasteiger partial charge in [0.05, 0.1) is 13.2 Å². The molecule has 2 aliphatic rings. The summed E-state index contributed by atoms with van der Waals surface area (Å²) < 4.78 is 5.92. The number of imide groups is 1. The van der Waals surface area contributed by atoms with Crippen molar-refractivity contribution in [1.29, 1.82) is 0 Å². The molecule has 4 nitrogen and oxygen atoms in total. The minimum absolute atomic E-state index is 0.333. The second kappa shape index (κ2) is 7.71. The van der Waals surface area contributed by atoms with E-state index in [2.05, 4.69) is 90.2 Å². The lowest BCUT2D eigenvalue weighted by Gasteiger charge is -2.24. The summed E-state index contributed by atoms with van der Waals surface area (Å²) in [5.74, 6) is -0.665. The number of rotatable bonds is 0. The number of fused-ring (bicyclic) bond motifs is 6. The van der Waals surface area contributed by atoms with Gasteiger partial charge in [-0.3, -0.25) is 14.9 Å². The molecule has 11 aromatic rings. The third-order valence-electron chi connectivity index (χ3n) is 11.8. The lowest BCUT2D eigenvalue weighted by Crippen LogP contribution is -2.34. The minimum Gasteiger partial charge on any atom is -0.372 e. The van der Waals surface area contributed by atoms with Crippen LogP contribution in [-0.2, 0) is 18.0 Å². The number of carbonyl (C=O) groups excluding carboxylic acids is 2. The monoisotopic (exact) mass is 611 g/mol. The van der Waals surface area contributed by atoms with Crippen LogP contribution in [0, 0.1) is 0 Å². The lowest BCUT2D eigenvalue weighted by molar-refractivity contribution is 0.0845. The Labute approximate surface area is 271 Å². The molecule has 0 aromatic heterocycles. The van der Waals surface area contributed by atoms with Crippen molar-refractivity contribution in [2.45, 2.75) is 13.2 Å². The Morgan fingerprint density at radius 2 is 0.604 bits per heavy atom. The molecule has 0 radical (unpaired) electrons. The molecule has 0 bridgehead atoms. The van der Waals surface area contributed by atoms with Crippen molar-refractivity contribution in [3.8, 4) is 0 Å². The fourth-order valence-electron chi connectivity index (χ4n) is 9.95. The summed E-state index contributed by atoms with van der Waals surface area (Å²) in [4.78, 5) is 25.8. The average Bonchev–Trinajstić information content (AvgIpc) is 3.12. The predicted molar refractivity (Wildman–Crippen MR) is 195 cm³/mol. The fraction of sp³-hybridized carbons (Fsp3) is 0.0455. The van der Waals surface area contributed by atoms with Gasteiger partial charge < -0.3 is 4.74 Å². The average molecular weight is 612 g/mol. The zero-order valence-electron chi connectivity index (χ0n) is 25.4. The molecule has 11 aromatic carbocycles. The maximum atomic E-state index is 12.9. The van der Waals surface area contributed by atoms with E-state index in [-0.39, 0.29) is 11.8 Å². The van der Waals surface area contributed by atoms with Crippen LogP contribution in [-0.4, -0.2) is 11.8 Å². The van der Waals surface area contributed by atoms with Crippen molar-refractivity contribution in [3.63, 3.8) is 0 Å². The van der Waals surface area contributed by atoms with Gasteiger partial charge in [0.15, 0.2) is 0 Å². The summed E-state index contributed by atoms with van der Waals surface area (Å²) in [6, 6.07) is 35.5. The van der Waals surface area contributed by atoms with Crippen LogP contribution < -0.4 is 5.32 Å². The van der Waals surface area contributed by atoms with E-state index in [1.54, 1.807) is 0 Å². The van der Waals surface area contributed by atoms with Gasteiger partial charge >= 0.3 is 0 Å². The Balaban J connectivity index is 1.24. The van der Waals surface area contributed by atoms with Gasteiger partial charge in [-0.15, -0.1) is 0 Å². The van der Waals surface area contributed by atoms with Crippen molar-refractivity contribution in [1.82, 2.24) is 5.32 Å². The molecule has 220 valence electrons. The Morgan fingerprint density at radius 3 is 0.958 bits per heavy atom. The first kappa shape index (κ1) is 24.1. The number of hydrogen-bond donors (Lipinski definition) is 1. The van der Waals surface area contributed by atoms with E-state index in [9.17, 15) is 9.59 Å². The van der Waals surface area contributed by atoms with Crippen molar-refractivity contribution in [2.24, 2.45) is 0 Å². The zero-order chi connectivity index (χ0) is 31.2. The van der Waals surface area contributed by atoms with Gasteiger partial charge in [0.2, 0.25) is 0 Å². The highest BCUT2D eigenvalue weighted by Gasteiger charge is 2.29. The van der Waals surface area contributed by atoms with E-state index in [1.165, 1.54) is 86.5 Å². The SMILES string of the molecule is O=C1NC(=O)c2ccc3c4ccc5c6ccc7c8ccc9c%10c(ccc(c%11ccc(c%12ccc(c%13ccc1c2c%133)c4c%125)c6c%117)c%108)COC9. The van der Waals surface area contributed by atoms with E-state index >= 15 is 0 Å². The topological polar surface area (TPSA) is 55.4 Å². The standard InChI is InChI=1S/C44H21NO3/c46-43-33-15-13-31-29-11-9-27-25-7-5-23-21-3-1-19-17-48-18-20-2-4-22(36(21)35(19)20)24-6-8-26(38(25)37(23)24)28-10-12-30(40(29)39(27)28)32-14-16-34(44(47)45-43)42(33)41(31)32/h1-16H,17-18H2,(H,45,46,47). The van der Waals surface area contributed by atoms with Gasteiger partial charge in [0.1, 0.15) is 0 Å². The van der Waals surface area contributed by atoms with Crippen LogP contribution >= 0.6 is 0 Å². The highest BCUT2D eigenvalue weighted by Crippen LogP contribution is 2.51. The van der Waals surface area contributed by atoms with E-state index in [4.69, 9.17) is 4.74 Å². The fourth-order valence-corrected chi connectivity index (χ4v) is 9.95. The Kier molecular flexibility index (Phi) is 3.88. The highest BCUT2D eigenvalue weighted by atomic mass is 16.5. The molecule has 0 saturated heterocycles. The molecular formula is C44H21NO3. The normalized spacial score (nSPS) is 15.1. The summed E-state index contributed by atoms with van der Waals surface area (Å²) >= 11 is 0. The molecule has 13 rings (SSSR count). The summed E-state index contributed by atoms with van der Waals surface area (Å²) in [6.07, 6.45) is 0. The molecule has 0 atom stereocenters. The van der Waals surface area contributed by atoms with Crippen LogP contribution in [0.25, 0.3) is 108 Å². The molecule has 0 unspecified atom stereocenters. The van der Waals surface area contributed by atoms with Crippen LogP contribution in [0.4, 0.5) is 0 Å². The van der Waals surface area contributed by atoms with Crippen LogP contribution in [0.1, 0.15) is 31.8 Å². The first-order valence-corrected chi connectivity index (χ1v) is 16.5. The molecule has 2 aliphatic heterocycles. The minimum atomic E-state index is -0.333. The number of benzene rings is 11. The molecule has 2 heterocycles. The van der Waals surface area contributed by atoms with Crippen LogP contribution in [0.15, 0.2) is 97.1 Å². The zero-order valence-corrected chi connectivity index (χ0v) is 25.4. The quantitative estimate of drug-likeness (QED) is 0.105. The van der Waals surface area contributed by atoms with Gasteiger partial charge in [0, 0.05) is 16.5 Å². The molecular weight excluding hydrogens is 590 g/mol. The summed E-state index contributed by atoms with van der Waals surface area (Å²) in [5.41, 5.74) is 3.67. The Hall–Kier alpha value is -6.10. The maximum absolute atomic E-state index is 12.9. The first-order chi connectivity index (χ1) is 23.7. The summed E-state index contributed by atoms with van der Waals surface area (Å²) in [7, 11) is 0. The molecule has 1 N–H and O–H groups in total. The van der Waals surface area contributed by atoms with Gasteiger partial charge in [-0.1, -0.05) is 84.9 Å². The Morgan fingerprint density at radius 1 is 0.333 bits per heavy atom. The van der Waals surface area contributed by atoms with Crippen LogP contribution in [0.2, 0.25) is 0 Å².